The summed E-state index contributed by atoms with van der Waals surface area (Å²) in [5.74, 6) is 0.0721. The van der Waals surface area contributed by atoms with Gasteiger partial charge in [-0.15, -0.1) is 0 Å². The lowest BCUT2D eigenvalue weighted by Crippen LogP contribution is -2.44. The summed E-state index contributed by atoms with van der Waals surface area (Å²) in [5, 5.41) is 11.5. The first-order valence-electron chi connectivity index (χ1n) is 9.37. The molecule has 3 aromatic rings. The Kier molecular flexibility index (Phi) is 5.89. The number of esters is 1. The third-order valence-corrected chi connectivity index (χ3v) is 4.78. The van der Waals surface area contributed by atoms with Crippen LogP contribution < -0.4 is 15.1 Å². The van der Waals surface area contributed by atoms with Gasteiger partial charge in [-0.3, -0.25) is 0 Å². The number of aliphatic hydroxyl groups is 1. The van der Waals surface area contributed by atoms with Gasteiger partial charge in [0.25, 0.3) is 0 Å². The Balaban J connectivity index is 2.04. The van der Waals surface area contributed by atoms with E-state index in [9.17, 15) is 14.7 Å². The average Bonchev–Trinajstić information content (AvgIpc) is 3.17. The lowest BCUT2D eigenvalue weighted by molar-refractivity contribution is -0.160. The van der Waals surface area contributed by atoms with Crippen LogP contribution >= 0.6 is 0 Å². The molecule has 2 heterocycles. The van der Waals surface area contributed by atoms with Crippen molar-refractivity contribution in [1.29, 1.82) is 0 Å². The van der Waals surface area contributed by atoms with Gasteiger partial charge >= 0.3 is 11.6 Å². The van der Waals surface area contributed by atoms with Crippen molar-refractivity contribution in [3.63, 3.8) is 0 Å². The van der Waals surface area contributed by atoms with Crippen molar-refractivity contribution in [2.45, 2.75) is 39.4 Å². The molecule has 160 valence electrons. The van der Waals surface area contributed by atoms with E-state index in [0.29, 0.717) is 27.7 Å². The van der Waals surface area contributed by atoms with E-state index < -0.39 is 23.3 Å². The fourth-order valence-electron chi connectivity index (χ4n) is 2.90. The molecule has 1 atom stereocenters. The number of furan rings is 1. The number of allylic oxidation sites excluding steroid dienone is 1. The monoisotopic (exact) mass is 416 g/mol. The van der Waals surface area contributed by atoms with Gasteiger partial charge in [-0.05, 0) is 39.8 Å². The molecule has 8 heteroatoms. The first kappa shape index (κ1) is 21.4. The Labute approximate surface area is 172 Å². The van der Waals surface area contributed by atoms with Crippen LogP contribution in [0.15, 0.2) is 49.7 Å². The van der Waals surface area contributed by atoms with Crippen molar-refractivity contribution in [3.05, 3.63) is 46.5 Å². The lowest BCUT2D eigenvalue weighted by Gasteiger charge is -2.29. The Morgan fingerprint density at radius 2 is 1.90 bits per heavy atom. The second kappa shape index (κ2) is 8.23. The molecule has 2 aromatic heterocycles. The van der Waals surface area contributed by atoms with E-state index in [1.807, 2.05) is 0 Å². The SMILES string of the molecule is C/C=C(/C)C(=O)O[C@@H](COc1c2ccoc2c(OC)c2oc(=O)ccc12)C(C)(C)O. The smallest absolute Gasteiger partial charge is 0.336 e. The number of hydrogen-bond acceptors (Lipinski definition) is 8. The number of benzene rings is 1. The van der Waals surface area contributed by atoms with Crippen LogP contribution in [0.3, 0.4) is 0 Å². The summed E-state index contributed by atoms with van der Waals surface area (Å²) in [6, 6.07) is 4.51. The molecule has 3 rings (SSSR count). The van der Waals surface area contributed by atoms with Crippen molar-refractivity contribution >= 4 is 27.9 Å². The van der Waals surface area contributed by atoms with Crippen LogP contribution in [0, 0.1) is 0 Å². The molecule has 0 saturated carbocycles. The summed E-state index contributed by atoms with van der Waals surface area (Å²) in [4.78, 5) is 24.0. The van der Waals surface area contributed by atoms with E-state index in [-0.39, 0.29) is 17.9 Å². The Bertz CT molecular complexity index is 1160. The number of methoxy groups -OCH3 is 1. The summed E-state index contributed by atoms with van der Waals surface area (Å²) < 4.78 is 27.7. The molecule has 1 N–H and O–H groups in total. The predicted octanol–water partition coefficient (Wildman–Crippen LogP) is 3.58. The van der Waals surface area contributed by atoms with E-state index in [1.165, 1.54) is 33.3 Å². The minimum atomic E-state index is -1.37. The maximum absolute atomic E-state index is 12.2. The summed E-state index contributed by atoms with van der Waals surface area (Å²) in [7, 11) is 1.44. The van der Waals surface area contributed by atoms with Crippen molar-refractivity contribution in [3.8, 4) is 11.5 Å². The van der Waals surface area contributed by atoms with Gasteiger partial charge in [-0.2, -0.15) is 0 Å². The highest BCUT2D eigenvalue weighted by molar-refractivity contribution is 6.06. The summed E-state index contributed by atoms with van der Waals surface area (Å²) in [5.41, 5.74) is -0.991. The molecule has 0 aliphatic heterocycles. The van der Waals surface area contributed by atoms with Gasteiger partial charge in [-0.1, -0.05) is 6.08 Å². The number of fused-ring (bicyclic) bond motifs is 2. The standard InChI is InChI=1S/C22H24O8/c1-6-12(2)21(24)29-15(22(3,4)25)11-28-17-13-7-8-16(23)30-19(13)20(26-5)18-14(17)9-10-27-18/h6-10,15,25H,11H2,1-5H3/b12-6-/t15-/m0/s1. The Hall–Kier alpha value is -3.26. The van der Waals surface area contributed by atoms with Crippen LogP contribution in [0.25, 0.3) is 21.9 Å². The molecule has 1 aromatic carbocycles. The van der Waals surface area contributed by atoms with Gasteiger partial charge in [0.1, 0.15) is 12.4 Å². The fraction of sp³-hybridized carbons (Fsp3) is 0.364. The first-order valence-corrected chi connectivity index (χ1v) is 9.37. The topological polar surface area (TPSA) is 108 Å². The van der Waals surface area contributed by atoms with Gasteiger partial charge < -0.3 is 28.2 Å². The number of carbonyl (C=O) groups is 1. The van der Waals surface area contributed by atoms with Crippen LogP contribution in [0.1, 0.15) is 27.7 Å². The van der Waals surface area contributed by atoms with Crippen molar-refractivity contribution in [2.75, 3.05) is 13.7 Å². The maximum Gasteiger partial charge on any atom is 0.336 e. The highest BCUT2D eigenvalue weighted by atomic mass is 16.6. The molecule has 0 saturated heterocycles. The molecule has 8 nitrogen and oxygen atoms in total. The van der Waals surface area contributed by atoms with E-state index in [1.54, 1.807) is 32.1 Å². The zero-order chi connectivity index (χ0) is 22.1. The third kappa shape index (κ3) is 4.04. The van der Waals surface area contributed by atoms with Crippen LogP contribution in [-0.4, -0.2) is 36.5 Å². The number of hydrogen-bond donors (Lipinski definition) is 1. The summed E-state index contributed by atoms with van der Waals surface area (Å²) in [6.45, 7) is 6.25. The molecule has 0 amide bonds. The van der Waals surface area contributed by atoms with Crippen molar-refractivity contribution in [2.24, 2.45) is 0 Å². The summed E-state index contributed by atoms with van der Waals surface area (Å²) in [6.07, 6.45) is 2.12. The van der Waals surface area contributed by atoms with E-state index >= 15 is 0 Å². The predicted molar refractivity (Wildman–Crippen MR) is 110 cm³/mol. The highest BCUT2D eigenvalue weighted by Crippen LogP contribution is 2.42. The molecule has 0 spiro atoms. The molecule has 30 heavy (non-hydrogen) atoms. The average molecular weight is 416 g/mol. The molecular weight excluding hydrogens is 392 g/mol. The molecule has 0 aliphatic rings. The molecule has 0 fully saturated rings. The zero-order valence-electron chi connectivity index (χ0n) is 17.5. The molecule has 0 radical (unpaired) electrons. The second-order valence-corrected chi connectivity index (χ2v) is 7.35. The van der Waals surface area contributed by atoms with Crippen molar-refractivity contribution in [1.82, 2.24) is 0 Å². The zero-order valence-corrected chi connectivity index (χ0v) is 17.5. The van der Waals surface area contributed by atoms with Crippen LogP contribution in [0.4, 0.5) is 0 Å². The van der Waals surface area contributed by atoms with E-state index in [0.717, 1.165) is 0 Å². The largest absolute Gasteiger partial charge is 0.490 e. The first-order chi connectivity index (χ1) is 14.2. The Morgan fingerprint density at radius 1 is 1.20 bits per heavy atom. The molecular formula is C22H24O8. The number of rotatable bonds is 7. The van der Waals surface area contributed by atoms with E-state index in [2.05, 4.69) is 0 Å². The van der Waals surface area contributed by atoms with Crippen LogP contribution in [0.2, 0.25) is 0 Å². The highest BCUT2D eigenvalue weighted by Gasteiger charge is 2.32. The second-order valence-electron chi connectivity index (χ2n) is 7.35. The fourth-order valence-corrected chi connectivity index (χ4v) is 2.90. The third-order valence-electron chi connectivity index (χ3n) is 4.78. The summed E-state index contributed by atoms with van der Waals surface area (Å²) >= 11 is 0. The number of carbonyl (C=O) groups excluding carboxylic acids is 1. The molecule has 0 aliphatic carbocycles. The van der Waals surface area contributed by atoms with Crippen LogP contribution in [0.5, 0.6) is 11.5 Å². The maximum atomic E-state index is 12.2. The lowest BCUT2D eigenvalue weighted by atomic mass is 10.0. The molecule has 0 bridgehead atoms. The minimum absolute atomic E-state index is 0.146. The Morgan fingerprint density at radius 3 is 2.53 bits per heavy atom. The van der Waals surface area contributed by atoms with Gasteiger partial charge in [0.05, 0.1) is 29.7 Å². The molecule has 0 unspecified atom stereocenters. The quantitative estimate of drug-likeness (QED) is 0.354. The van der Waals surface area contributed by atoms with Crippen LogP contribution in [-0.2, 0) is 9.53 Å². The van der Waals surface area contributed by atoms with Gasteiger partial charge in [0.15, 0.2) is 17.3 Å². The minimum Gasteiger partial charge on any atom is -0.490 e. The van der Waals surface area contributed by atoms with Crippen molar-refractivity contribution < 1.29 is 32.9 Å². The van der Waals surface area contributed by atoms with E-state index in [4.69, 9.17) is 23.0 Å². The van der Waals surface area contributed by atoms with Gasteiger partial charge in [0.2, 0.25) is 5.75 Å². The van der Waals surface area contributed by atoms with Gasteiger partial charge in [-0.25, -0.2) is 9.59 Å². The number of ether oxygens (including phenoxy) is 3. The van der Waals surface area contributed by atoms with Gasteiger partial charge in [0, 0.05) is 11.6 Å². The normalized spacial score (nSPS) is 13.5.